The summed E-state index contributed by atoms with van der Waals surface area (Å²) in [4.78, 5) is 15.3. The first-order valence-corrected chi connectivity index (χ1v) is 10.00. The van der Waals surface area contributed by atoms with Gasteiger partial charge in [-0.1, -0.05) is 0 Å². The normalized spacial score (nSPS) is 24.7. The topological polar surface area (TPSA) is 69.0 Å². The van der Waals surface area contributed by atoms with Gasteiger partial charge in [-0.25, -0.2) is 0 Å². The number of fused-ring (bicyclic) bond motifs is 1. The fraction of sp³-hybridized carbons (Fsp3) is 0.421. The number of furan rings is 1. The SMILES string of the molecule is O=C(C1CCOC1)N1CC2=C(C1)CN([S+]([O-])c1ccc3occc3c1)C2. The predicted molar refractivity (Wildman–Crippen MR) is 96.7 cm³/mol. The Hall–Kier alpha value is -1.80. The van der Waals surface area contributed by atoms with Crippen molar-refractivity contribution < 1.29 is 18.5 Å². The third-order valence-corrected chi connectivity index (χ3v) is 6.83. The molecule has 0 bridgehead atoms. The summed E-state index contributed by atoms with van der Waals surface area (Å²) in [7, 11) is 0. The monoisotopic (exact) mass is 372 g/mol. The third kappa shape index (κ3) is 2.75. The van der Waals surface area contributed by atoms with Crippen molar-refractivity contribution in [2.45, 2.75) is 11.3 Å². The van der Waals surface area contributed by atoms with Crippen LogP contribution in [-0.2, 0) is 20.9 Å². The highest BCUT2D eigenvalue weighted by atomic mass is 32.2. The average Bonchev–Trinajstić information content (AvgIpc) is 3.43. The third-order valence-electron chi connectivity index (χ3n) is 5.45. The number of hydrogen-bond donors (Lipinski definition) is 0. The van der Waals surface area contributed by atoms with Crippen molar-refractivity contribution in [3.63, 3.8) is 0 Å². The summed E-state index contributed by atoms with van der Waals surface area (Å²) in [5.41, 5.74) is 3.29. The van der Waals surface area contributed by atoms with E-state index in [1.165, 1.54) is 11.1 Å². The number of nitrogens with zero attached hydrogens (tertiary/aromatic N) is 2. The molecule has 136 valence electrons. The largest absolute Gasteiger partial charge is 0.593 e. The van der Waals surface area contributed by atoms with E-state index in [1.54, 1.807) is 6.26 Å². The Kier molecular flexibility index (Phi) is 4.04. The highest BCUT2D eigenvalue weighted by Crippen LogP contribution is 2.32. The maximum absolute atomic E-state index is 13.0. The summed E-state index contributed by atoms with van der Waals surface area (Å²) in [5.74, 6) is 0.219. The number of carbonyl (C=O) groups is 1. The second-order valence-electron chi connectivity index (χ2n) is 7.13. The van der Waals surface area contributed by atoms with Crippen LogP contribution >= 0.6 is 0 Å². The zero-order valence-corrected chi connectivity index (χ0v) is 15.2. The van der Waals surface area contributed by atoms with Gasteiger partial charge in [-0.05, 0) is 35.8 Å². The Morgan fingerprint density at radius 3 is 2.69 bits per heavy atom. The van der Waals surface area contributed by atoms with Crippen LogP contribution < -0.4 is 0 Å². The molecule has 2 atom stereocenters. The van der Waals surface area contributed by atoms with Crippen molar-refractivity contribution in [3.05, 3.63) is 41.7 Å². The summed E-state index contributed by atoms with van der Waals surface area (Å²) in [6, 6.07) is 7.54. The standard InChI is InChI=1S/C19H20N2O4S/c22-19(14-3-5-24-12-14)20-8-15-10-21(11-16(15)9-20)26(23)17-1-2-18-13(7-17)4-6-25-18/h1-2,4,6-7,14H,3,5,8-12H2. The van der Waals surface area contributed by atoms with Gasteiger partial charge in [0.25, 0.3) is 0 Å². The minimum Gasteiger partial charge on any atom is -0.593 e. The quantitative estimate of drug-likeness (QED) is 0.608. The van der Waals surface area contributed by atoms with Crippen LogP contribution in [0.2, 0.25) is 0 Å². The molecule has 1 saturated heterocycles. The highest BCUT2D eigenvalue weighted by Gasteiger charge is 2.39. The van der Waals surface area contributed by atoms with Gasteiger partial charge >= 0.3 is 0 Å². The molecule has 0 radical (unpaired) electrons. The molecule has 2 aromatic rings. The number of hydrogen-bond acceptors (Lipinski definition) is 5. The van der Waals surface area contributed by atoms with Crippen LogP contribution in [0.3, 0.4) is 0 Å². The van der Waals surface area contributed by atoms with Crippen molar-refractivity contribution >= 4 is 28.2 Å². The molecular formula is C19H20N2O4S. The van der Waals surface area contributed by atoms with Crippen LogP contribution in [0.5, 0.6) is 0 Å². The zero-order valence-electron chi connectivity index (χ0n) is 14.3. The molecule has 6 nitrogen and oxygen atoms in total. The van der Waals surface area contributed by atoms with Crippen molar-refractivity contribution in [3.8, 4) is 0 Å². The fourth-order valence-electron chi connectivity index (χ4n) is 4.01. The van der Waals surface area contributed by atoms with Crippen molar-refractivity contribution in [1.82, 2.24) is 9.21 Å². The average molecular weight is 372 g/mol. The lowest BCUT2D eigenvalue weighted by Gasteiger charge is -2.25. The summed E-state index contributed by atoms with van der Waals surface area (Å²) >= 11 is -1.21. The number of carbonyl (C=O) groups excluding carboxylic acids is 1. The minimum atomic E-state index is -1.21. The Morgan fingerprint density at radius 1 is 1.15 bits per heavy atom. The van der Waals surface area contributed by atoms with Gasteiger partial charge in [-0.3, -0.25) is 4.79 Å². The number of benzene rings is 1. The molecule has 1 fully saturated rings. The fourth-order valence-corrected chi connectivity index (χ4v) is 5.27. The number of rotatable bonds is 3. The first-order valence-electron chi connectivity index (χ1n) is 8.89. The maximum atomic E-state index is 13.0. The van der Waals surface area contributed by atoms with E-state index in [2.05, 4.69) is 0 Å². The maximum Gasteiger partial charge on any atom is 0.228 e. The van der Waals surface area contributed by atoms with Crippen LogP contribution in [0.25, 0.3) is 11.0 Å². The molecule has 1 amide bonds. The lowest BCUT2D eigenvalue weighted by atomic mass is 10.1. The summed E-state index contributed by atoms with van der Waals surface area (Å²) in [6.07, 6.45) is 2.47. The van der Waals surface area contributed by atoms with Gasteiger partial charge in [0.2, 0.25) is 5.91 Å². The van der Waals surface area contributed by atoms with Gasteiger partial charge in [0.1, 0.15) is 5.58 Å². The Labute approximate surface area is 154 Å². The summed E-state index contributed by atoms with van der Waals surface area (Å²) < 4.78 is 25.6. The van der Waals surface area contributed by atoms with Crippen molar-refractivity contribution in [2.75, 3.05) is 39.4 Å². The van der Waals surface area contributed by atoms with Crippen LogP contribution in [-0.4, -0.2) is 59.1 Å². The van der Waals surface area contributed by atoms with Gasteiger partial charge in [0, 0.05) is 31.1 Å². The van der Waals surface area contributed by atoms with E-state index in [-0.39, 0.29) is 11.8 Å². The van der Waals surface area contributed by atoms with E-state index in [4.69, 9.17) is 9.15 Å². The lowest BCUT2D eigenvalue weighted by molar-refractivity contribution is -0.134. The molecule has 0 saturated carbocycles. The molecule has 2 unspecified atom stereocenters. The van der Waals surface area contributed by atoms with Crippen molar-refractivity contribution in [1.29, 1.82) is 0 Å². The molecule has 3 aliphatic heterocycles. The first-order chi connectivity index (χ1) is 12.7. The molecule has 4 heterocycles. The second-order valence-corrected chi connectivity index (χ2v) is 8.62. The summed E-state index contributed by atoms with van der Waals surface area (Å²) in [5, 5.41) is 0.964. The molecule has 7 heteroatoms. The molecular weight excluding hydrogens is 352 g/mol. The second kappa shape index (κ2) is 6.42. The Bertz CT molecular complexity index is 869. The smallest absolute Gasteiger partial charge is 0.228 e. The van der Waals surface area contributed by atoms with E-state index in [0.717, 1.165) is 22.3 Å². The molecule has 1 aromatic heterocycles. The van der Waals surface area contributed by atoms with Gasteiger partial charge in [-0.15, -0.1) is 4.31 Å². The minimum absolute atomic E-state index is 0.0157. The lowest BCUT2D eigenvalue weighted by Crippen LogP contribution is -2.39. The molecule has 0 aliphatic carbocycles. The first kappa shape index (κ1) is 16.4. The van der Waals surface area contributed by atoms with E-state index >= 15 is 0 Å². The molecule has 3 aliphatic rings. The number of ether oxygens (including phenoxy) is 1. The van der Waals surface area contributed by atoms with Gasteiger partial charge in [0.05, 0.1) is 43.2 Å². The van der Waals surface area contributed by atoms with E-state index < -0.39 is 11.4 Å². The zero-order chi connectivity index (χ0) is 17.7. The van der Waals surface area contributed by atoms with Crippen LogP contribution in [0, 0.1) is 5.92 Å². The van der Waals surface area contributed by atoms with Crippen LogP contribution in [0.15, 0.2) is 51.0 Å². The highest BCUT2D eigenvalue weighted by molar-refractivity contribution is 7.89. The molecule has 26 heavy (non-hydrogen) atoms. The Balaban J connectivity index is 1.24. The van der Waals surface area contributed by atoms with Crippen LogP contribution in [0.4, 0.5) is 0 Å². The number of amides is 1. The molecule has 0 spiro atoms. The Morgan fingerprint density at radius 2 is 1.96 bits per heavy atom. The predicted octanol–water partition coefficient (Wildman–Crippen LogP) is 1.95. The van der Waals surface area contributed by atoms with E-state index in [0.29, 0.717) is 39.4 Å². The van der Waals surface area contributed by atoms with Gasteiger partial charge < -0.3 is 18.6 Å². The van der Waals surface area contributed by atoms with Crippen molar-refractivity contribution in [2.24, 2.45) is 5.92 Å². The van der Waals surface area contributed by atoms with Crippen LogP contribution in [0.1, 0.15) is 6.42 Å². The molecule has 0 N–H and O–H groups in total. The molecule has 5 rings (SSSR count). The van der Waals surface area contributed by atoms with Gasteiger partial charge in [0.15, 0.2) is 4.90 Å². The summed E-state index contributed by atoms with van der Waals surface area (Å²) in [6.45, 7) is 3.89. The van der Waals surface area contributed by atoms with E-state index in [9.17, 15) is 9.35 Å². The van der Waals surface area contributed by atoms with Gasteiger partial charge in [-0.2, -0.15) is 0 Å². The molecule has 1 aromatic carbocycles. The van der Waals surface area contributed by atoms with E-state index in [1.807, 2.05) is 33.5 Å².